The molecule has 0 radical (unpaired) electrons. The number of aryl methyl sites for hydroxylation is 1. The molecule has 118 valence electrons. The molecule has 1 fully saturated rings. The molecule has 0 spiro atoms. The Morgan fingerprint density at radius 2 is 2.00 bits per heavy atom. The van der Waals surface area contributed by atoms with Gasteiger partial charge in [-0.2, -0.15) is 0 Å². The van der Waals surface area contributed by atoms with Crippen molar-refractivity contribution in [2.75, 3.05) is 0 Å². The minimum atomic E-state index is 0.103. The number of hydrogen-bond acceptors (Lipinski definition) is 3. The van der Waals surface area contributed by atoms with Gasteiger partial charge in [0, 0.05) is 4.88 Å². The summed E-state index contributed by atoms with van der Waals surface area (Å²) < 4.78 is 0. The third-order valence-corrected chi connectivity index (χ3v) is 6.74. The smallest absolute Gasteiger partial charge is 0.196 e. The van der Waals surface area contributed by atoms with Crippen LogP contribution in [0.5, 0.6) is 5.75 Å². The molecule has 1 aromatic carbocycles. The summed E-state index contributed by atoms with van der Waals surface area (Å²) in [6.45, 7) is 6.84. The van der Waals surface area contributed by atoms with Crippen LogP contribution in [0.15, 0.2) is 30.3 Å². The zero-order valence-electron chi connectivity index (χ0n) is 13.6. The van der Waals surface area contributed by atoms with Gasteiger partial charge in [0.1, 0.15) is 5.75 Å². The number of ketones is 1. The normalized spacial score (nSPS) is 23.8. The molecule has 0 unspecified atom stereocenters. The minimum absolute atomic E-state index is 0.103. The Hall–Kier alpha value is -1.87. The number of hydrogen-bond donors (Lipinski definition) is 1. The first-order valence-electron chi connectivity index (χ1n) is 8.03. The summed E-state index contributed by atoms with van der Waals surface area (Å²) in [4.78, 5) is 14.9. The maximum absolute atomic E-state index is 12.6. The molecule has 2 aliphatic rings. The predicted octanol–water partition coefficient (Wildman–Crippen LogP) is 4.95. The van der Waals surface area contributed by atoms with Crippen LogP contribution >= 0.6 is 11.3 Å². The number of fused-ring (bicyclic) bond motifs is 3. The number of thiophene rings is 1. The molecule has 2 atom stereocenters. The highest BCUT2D eigenvalue weighted by atomic mass is 32.1. The lowest BCUT2D eigenvalue weighted by molar-refractivity contribution is 0.105. The van der Waals surface area contributed by atoms with Gasteiger partial charge in [0.25, 0.3) is 0 Å². The maximum Gasteiger partial charge on any atom is 0.196 e. The van der Waals surface area contributed by atoms with E-state index in [9.17, 15) is 9.90 Å². The molecule has 0 aliphatic heterocycles. The molecule has 2 aromatic rings. The van der Waals surface area contributed by atoms with Crippen LogP contribution in [0.1, 0.15) is 51.0 Å². The van der Waals surface area contributed by atoms with Crippen LogP contribution in [-0.4, -0.2) is 10.9 Å². The van der Waals surface area contributed by atoms with Gasteiger partial charge in [0.15, 0.2) is 5.78 Å². The van der Waals surface area contributed by atoms with Crippen molar-refractivity contribution in [2.45, 2.75) is 33.1 Å². The largest absolute Gasteiger partial charge is 0.508 e. The molecule has 23 heavy (non-hydrogen) atoms. The van der Waals surface area contributed by atoms with Crippen LogP contribution in [0.2, 0.25) is 0 Å². The molecule has 0 saturated heterocycles. The molecule has 1 N–H and O–H groups in total. The molecule has 3 heteroatoms. The lowest BCUT2D eigenvalue weighted by atomic mass is 9.94. The molecule has 1 heterocycles. The number of aromatic hydroxyl groups is 1. The van der Waals surface area contributed by atoms with E-state index in [0.717, 1.165) is 22.8 Å². The lowest BCUT2D eigenvalue weighted by Crippen LogP contribution is -2.02. The van der Waals surface area contributed by atoms with E-state index >= 15 is 0 Å². The van der Waals surface area contributed by atoms with E-state index in [1.165, 1.54) is 16.0 Å². The molecule has 0 amide bonds. The van der Waals surface area contributed by atoms with Crippen molar-refractivity contribution in [1.82, 2.24) is 0 Å². The van der Waals surface area contributed by atoms with E-state index in [1.54, 1.807) is 41.7 Å². The monoisotopic (exact) mass is 324 g/mol. The van der Waals surface area contributed by atoms with E-state index in [2.05, 4.69) is 20.8 Å². The molecule has 4 rings (SSSR count). The Morgan fingerprint density at radius 3 is 2.70 bits per heavy atom. The van der Waals surface area contributed by atoms with Gasteiger partial charge in [-0.25, -0.2) is 0 Å². The molecule has 1 saturated carbocycles. The van der Waals surface area contributed by atoms with E-state index < -0.39 is 0 Å². The molecular formula is C20H20O2S. The Balaban J connectivity index is 1.60. The van der Waals surface area contributed by atoms with Crippen LogP contribution in [-0.2, 0) is 6.42 Å². The van der Waals surface area contributed by atoms with Crippen molar-refractivity contribution in [3.8, 4) is 5.75 Å². The fourth-order valence-electron chi connectivity index (χ4n) is 4.16. The molecular weight excluding hydrogens is 304 g/mol. The Labute approximate surface area is 140 Å². The van der Waals surface area contributed by atoms with Crippen LogP contribution in [0.4, 0.5) is 0 Å². The summed E-state index contributed by atoms with van der Waals surface area (Å²) in [7, 11) is 0. The summed E-state index contributed by atoms with van der Waals surface area (Å²) in [6.07, 6.45) is 4.54. The van der Waals surface area contributed by atoms with Gasteiger partial charge in [-0.15, -0.1) is 11.3 Å². The summed E-state index contributed by atoms with van der Waals surface area (Å²) >= 11 is 1.65. The Kier molecular flexibility index (Phi) is 3.08. The number of rotatable bonds is 3. The van der Waals surface area contributed by atoms with Crippen molar-refractivity contribution < 1.29 is 9.90 Å². The van der Waals surface area contributed by atoms with Crippen molar-refractivity contribution >= 4 is 23.2 Å². The number of carbonyl (C=O) groups excluding carboxylic acids is 1. The second-order valence-corrected chi connectivity index (χ2v) is 8.50. The highest BCUT2D eigenvalue weighted by Crippen LogP contribution is 2.71. The second-order valence-electron chi connectivity index (χ2n) is 7.28. The zero-order valence-corrected chi connectivity index (χ0v) is 14.4. The van der Waals surface area contributed by atoms with Gasteiger partial charge in [-0.3, -0.25) is 4.79 Å². The van der Waals surface area contributed by atoms with Crippen LogP contribution in [0.3, 0.4) is 0 Å². The van der Waals surface area contributed by atoms with Gasteiger partial charge in [-0.05, 0) is 65.5 Å². The van der Waals surface area contributed by atoms with Crippen molar-refractivity contribution in [2.24, 2.45) is 11.3 Å². The highest BCUT2D eigenvalue weighted by molar-refractivity contribution is 7.14. The third-order valence-electron chi connectivity index (χ3n) is 5.56. The van der Waals surface area contributed by atoms with Crippen LogP contribution < -0.4 is 0 Å². The second kappa shape index (κ2) is 4.81. The number of carbonyl (C=O) groups is 1. The van der Waals surface area contributed by atoms with Crippen molar-refractivity contribution in [3.05, 3.63) is 56.8 Å². The predicted molar refractivity (Wildman–Crippen MR) is 94.2 cm³/mol. The highest BCUT2D eigenvalue weighted by Gasteiger charge is 2.63. The fourth-order valence-corrected chi connectivity index (χ4v) is 5.32. The maximum atomic E-state index is 12.6. The standard InChI is InChI=1S/C20H20O2S/c1-11-17-14(10-15-18(17)20(15,2)3)19(23-11)16(22)9-6-12-4-7-13(21)8-5-12/h4-9,15,18,21H,10H2,1-3H3/b9-6+/t15-,18-/m1/s1. The summed E-state index contributed by atoms with van der Waals surface area (Å²) in [6, 6.07) is 6.88. The van der Waals surface area contributed by atoms with Crippen molar-refractivity contribution in [1.29, 1.82) is 0 Å². The summed E-state index contributed by atoms with van der Waals surface area (Å²) in [5.74, 6) is 1.73. The average Bonchev–Trinajstić information content (AvgIpc) is 2.85. The van der Waals surface area contributed by atoms with Gasteiger partial charge < -0.3 is 5.11 Å². The van der Waals surface area contributed by atoms with Gasteiger partial charge in [-0.1, -0.05) is 32.1 Å². The first-order valence-corrected chi connectivity index (χ1v) is 8.85. The number of allylic oxidation sites excluding steroid dienone is 1. The number of phenolic OH excluding ortho intramolecular Hbond substituents is 1. The molecule has 2 nitrogen and oxygen atoms in total. The van der Waals surface area contributed by atoms with E-state index in [1.807, 2.05) is 6.08 Å². The fraction of sp³-hybridized carbons (Fsp3) is 0.350. The summed E-state index contributed by atoms with van der Waals surface area (Å²) in [5, 5.41) is 9.30. The van der Waals surface area contributed by atoms with Crippen LogP contribution in [0, 0.1) is 18.3 Å². The topological polar surface area (TPSA) is 37.3 Å². The first-order chi connectivity index (χ1) is 10.9. The van der Waals surface area contributed by atoms with Gasteiger partial charge >= 0.3 is 0 Å². The third kappa shape index (κ3) is 2.18. The Bertz CT molecular complexity index is 824. The minimum Gasteiger partial charge on any atom is -0.508 e. The summed E-state index contributed by atoms with van der Waals surface area (Å²) in [5.41, 5.74) is 4.11. The lowest BCUT2D eigenvalue weighted by Gasteiger charge is -2.09. The number of phenols is 1. The van der Waals surface area contributed by atoms with E-state index in [4.69, 9.17) is 0 Å². The zero-order chi connectivity index (χ0) is 16.4. The first kappa shape index (κ1) is 14.7. The van der Waals surface area contributed by atoms with Crippen LogP contribution in [0.25, 0.3) is 6.08 Å². The quantitative estimate of drug-likeness (QED) is 0.640. The molecule has 2 aliphatic carbocycles. The molecule has 1 aromatic heterocycles. The number of benzene rings is 1. The SMILES string of the molecule is Cc1sc(C(=O)/C=C/c2ccc(O)cc2)c2c1[C@H]1[C@@H](C2)C1(C)C. The average molecular weight is 324 g/mol. The van der Waals surface area contributed by atoms with Gasteiger partial charge in [0.2, 0.25) is 0 Å². The van der Waals surface area contributed by atoms with E-state index in [-0.39, 0.29) is 11.5 Å². The van der Waals surface area contributed by atoms with E-state index in [0.29, 0.717) is 11.3 Å². The molecule has 0 bridgehead atoms. The van der Waals surface area contributed by atoms with Gasteiger partial charge in [0.05, 0.1) is 4.88 Å². The van der Waals surface area contributed by atoms with Crippen molar-refractivity contribution in [3.63, 3.8) is 0 Å². The Morgan fingerprint density at radius 1 is 1.30 bits per heavy atom.